The number of benzene rings is 1. The van der Waals surface area contributed by atoms with Gasteiger partial charge in [0.2, 0.25) is 5.91 Å². The molecule has 1 aliphatic heterocycles. The van der Waals surface area contributed by atoms with Gasteiger partial charge in [-0.25, -0.2) is 4.39 Å². The van der Waals surface area contributed by atoms with E-state index >= 15 is 0 Å². The summed E-state index contributed by atoms with van der Waals surface area (Å²) in [7, 11) is 0. The largest absolute Gasteiger partial charge is 0.370 e. The van der Waals surface area contributed by atoms with Crippen LogP contribution in [0.25, 0.3) is 0 Å². The zero-order valence-corrected chi connectivity index (χ0v) is 13.1. The Morgan fingerprint density at radius 1 is 1.32 bits per heavy atom. The number of rotatable bonds is 3. The van der Waals surface area contributed by atoms with Gasteiger partial charge < -0.3 is 9.64 Å². The Morgan fingerprint density at radius 2 is 2.05 bits per heavy atom. The van der Waals surface area contributed by atoms with E-state index < -0.39 is 0 Å². The van der Waals surface area contributed by atoms with Gasteiger partial charge in [-0.05, 0) is 24.8 Å². The van der Waals surface area contributed by atoms with Crippen molar-refractivity contribution in [3.63, 3.8) is 0 Å². The minimum absolute atomic E-state index is 0.0712. The molecule has 3 rings (SSSR count). The molecule has 3 nitrogen and oxygen atoms in total. The molecule has 1 amide bonds. The summed E-state index contributed by atoms with van der Waals surface area (Å²) in [5.74, 6) is 0.534. The lowest BCUT2D eigenvalue weighted by atomic mass is 9.91. The smallest absolute Gasteiger partial charge is 0.225 e. The molecule has 0 spiro atoms. The number of carbonyl (C=O) groups is 1. The van der Waals surface area contributed by atoms with E-state index in [9.17, 15) is 9.18 Å². The van der Waals surface area contributed by atoms with Crippen molar-refractivity contribution in [3.05, 3.63) is 35.6 Å². The van der Waals surface area contributed by atoms with Crippen LogP contribution in [-0.4, -0.2) is 30.5 Å². The summed E-state index contributed by atoms with van der Waals surface area (Å²) in [5, 5.41) is 0. The van der Waals surface area contributed by atoms with Crippen molar-refractivity contribution in [1.82, 2.24) is 4.90 Å². The lowest BCUT2D eigenvalue weighted by molar-refractivity contribution is -0.144. The normalized spacial score (nSPS) is 24.5. The average Bonchev–Trinajstić information content (AvgIpc) is 3.08. The third-order valence-corrected chi connectivity index (χ3v) is 5.13. The molecule has 4 heteroatoms. The second-order valence-corrected chi connectivity index (χ2v) is 6.50. The van der Waals surface area contributed by atoms with Gasteiger partial charge >= 0.3 is 0 Å². The van der Waals surface area contributed by atoms with E-state index in [-0.39, 0.29) is 23.7 Å². The number of carbonyl (C=O) groups excluding carboxylic acids is 1. The number of hydrogen-bond donors (Lipinski definition) is 0. The maximum Gasteiger partial charge on any atom is 0.225 e. The van der Waals surface area contributed by atoms with Gasteiger partial charge in [0, 0.05) is 18.0 Å². The first-order valence-electron chi connectivity index (χ1n) is 8.31. The van der Waals surface area contributed by atoms with E-state index in [2.05, 4.69) is 0 Å². The van der Waals surface area contributed by atoms with Crippen molar-refractivity contribution in [3.8, 4) is 0 Å². The fraction of sp³-hybridized carbons (Fsp3) is 0.611. The molecule has 1 saturated heterocycles. The van der Waals surface area contributed by atoms with Crippen LogP contribution in [0.1, 0.15) is 44.3 Å². The van der Waals surface area contributed by atoms with Crippen molar-refractivity contribution in [2.45, 2.75) is 38.7 Å². The lowest BCUT2D eigenvalue weighted by Gasteiger charge is -2.35. The zero-order valence-electron chi connectivity index (χ0n) is 13.1. The molecule has 22 heavy (non-hydrogen) atoms. The molecular formula is C18H24FNO2. The standard InChI is InChI=1S/C18H24FNO2/c1-13(14-6-2-3-7-14)18(21)20-10-11-22-17(12-20)15-8-4-5-9-16(15)19/h4-5,8-9,13-14,17H,2-3,6-7,10-12H2,1H3. The Balaban J connectivity index is 1.67. The molecule has 2 fully saturated rings. The minimum atomic E-state index is -0.352. The van der Waals surface area contributed by atoms with Gasteiger partial charge in [-0.15, -0.1) is 0 Å². The van der Waals surface area contributed by atoms with Crippen molar-refractivity contribution in [1.29, 1.82) is 0 Å². The van der Waals surface area contributed by atoms with Crippen LogP contribution in [0.5, 0.6) is 0 Å². The van der Waals surface area contributed by atoms with Crippen LogP contribution in [0.15, 0.2) is 24.3 Å². The molecule has 2 aliphatic rings. The molecule has 1 heterocycles. The van der Waals surface area contributed by atoms with Gasteiger partial charge in [0.25, 0.3) is 0 Å². The number of nitrogens with zero attached hydrogens (tertiary/aromatic N) is 1. The van der Waals surface area contributed by atoms with E-state index in [1.807, 2.05) is 17.9 Å². The highest BCUT2D eigenvalue weighted by molar-refractivity contribution is 5.79. The highest BCUT2D eigenvalue weighted by Crippen LogP contribution is 2.33. The second kappa shape index (κ2) is 6.78. The van der Waals surface area contributed by atoms with Gasteiger partial charge in [-0.3, -0.25) is 4.79 Å². The first kappa shape index (κ1) is 15.5. The first-order valence-corrected chi connectivity index (χ1v) is 8.31. The topological polar surface area (TPSA) is 29.5 Å². The Morgan fingerprint density at radius 3 is 2.77 bits per heavy atom. The summed E-state index contributed by atoms with van der Waals surface area (Å²) < 4.78 is 19.6. The molecule has 0 bridgehead atoms. The van der Waals surface area contributed by atoms with Crippen molar-refractivity contribution >= 4 is 5.91 Å². The number of hydrogen-bond acceptors (Lipinski definition) is 2. The molecule has 1 aromatic rings. The van der Waals surface area contributed by atoms with Gasteiger partial charge in [0.05, 0.1) is 13.2 Å². The summed E-state index contributed by atoms with van der Waals surface area (Å²) >= 11 is 0. The van der Waals surface area contributed by atoms with Crippen LogP contribution in [0.2, 0.25) is 0 Å². The predicted molar refractivity (Wildman–Crippen MR) is 82.8 cm³/mol. The van der Waals surface area contributed by atoms with E-state index in [0.29, 0.717) is 31.2 Å². The lowest BCUT2D eigenvalue weighted by Crippen LogP contribution is -2.45. The molecule has 1 aromatic carbocycles. The Labute approximate surface area is 131 Å². The van der Waals surface area contributed by atoms with E-state index in [1.54, 1.807) is 12.1 Å². The summed E-state index contributed by atoms with van der Waals surface area (Å²) in [6.45, 7) is 3.59. The predicted octanol–water partition coefficient (Wildman–Crippen LogP) is 3.55. The van der Waals surface area contributed by atoms with Crippen LogP contribution in [0.3, 0.4) is 0 Å². The third-order valence-electron chi connectivity index (χ3n) is 5.13. The van der Waals surface area contributed by atoms with E-state index in [0.717, 1.165) is 12.8 Å². The Kier molecular flexibility index (Phi) is 4.77. The van der Waals surface area contributed by atoms with Crippen molar-refractivity contribution in [2.24, 2.45) is 11.8 Å². The summed E-state index contributed by atoms with van der Waals surface area (Å²) in [5.41, 5.74) is 0.550. The molecule has 2 atom stereocenters. The second-order valence-electron chi connectivity index (χ2n) is 6.50. The summed E-state index contributed by atoms with van der Waals surface area (Å²) in [6.07, 6.45) is 4.45. The van der Waals surface area contributed by atoms with E-state index in [1.165, 1.54) is 18.9 Å². The number of ether oxygens (including phenoxy) is 1. The van der Waals surface area contributed by atoms with Crippen molar-refractivity contribution < 1.29 is 13.9 Å². The third kappa shape index (κ3) is 3.17. The fourth-order valence-electron chi connectivity index (χ4n) is 3.72. The zero-order chi connectivity index (χ0) is 15.5. The summed E-state index contributed by atoms with van der Waals surface area (Å²) in [6, 6.07) is 6.67. The molecule has 0 radical (unpaired) electrons. The maximum absolute atomic E-state index is 13.9. The molecule has 0 aromatic heterocycles. The number of halogens is 1. The maximum atomic E-state index is 13.9. The Bertz CT molecular complexity index is 528. The molecule has 1 aliphatic carbocycles. The highest BCUT2D eigenvalue weighted by atomic mass is 19.1. The monoisotopic (exact) mass is 305 g/mol. The fourth-order valence-corrected chi connectivity index (χ4v) is 3.72. The van der Waals surface area contributed by atoms with E-state index in [4.69, 9.17) is 4.74 Å². The summed E-state index contributed by atoms with van der Waals surface area (Å²) in [4.78, 5) is 14.6. The molecule has 2 unspecified atom stereocenters. The minimum Gasteiger partial charge on any atom is -0.370 e. The molecule has 120 valence electrons. The molecule has 0 N–H and O–H groups in total. The van der Waals surface area contributed by atoms with Gasteiger partial charge in [-0.2, -0.15) is 0 Å². The van der Waals surface area contributed by atoms with Crippen LogP contribution in [0, 0.1) is 17.7 Å². The van der Waals surface area contributed by atoms with Gasteiger partial charge in [-0.1, -0.05) is 38.0 Å². The van der Waals surface area contributed by atoms with Crippen LogP contribution < -0.4 is 0 Å². The van der Waals surface area contributed by atoms with Gasteiger partial charge in [0.1, 0.15) is 11.9 Å². The van der Waals surface area contributed by atoms with Crippen LogP contribution in [-0.2, 0) is 9.53 Å². The van der Waals surface area contributed by atoms with Crippen LogP contribution >= 0.6 is 0 Å². The average molecular weight is 305 g/mol. The Hall–Kier alpha value is -1.42. The number of morpholine rings is 1. The SMILES string of the molecule is CC(C(=O)N1CCOC(c2ccccc2F)C1)C1CCCC1. The van der Waals surface area contributed by atoms with Crippen molar-refractivity contribution in [2.75, 3.05) is 19.7 Å². The molecule has 1 saturated carbocycles. The highest BCUT2D eigenvalue weighted by Gasteiger charge is 2.33. The molecular weight excluding hydrogens is 281 g/mol. The number of amides is 1. The van der Waals surface area contributed by atoms with Gasteiger partial charge in [0.15, 0.2) is 0 Å². The first-order chi connectivity index (χ1) is 10.7. The van der Waals surface area contributed by atoms with Crippen LogP contribution in [0.4, 0.5) is 4.39 Å². The quantitative estimate of drug-likeness (QED) is 0.854.